The van der Waals surface area contributed by atoms with Gasteiger partial charge in [0.15, 0.2) is 11.6 Å². The van der Waals surface area contributed by atoms with E-state index in [0.29, 0.717) is 12.1 Å². The van der Waals surface area contributed by atoms with Gasteiger partial charge in [-0.25, -0.2) is 8.78 Å². The van der Waals surface area contributed by atoms with Gasteiger partial charge in [0.05, 0.1) is 6.61 Å². The molecule has 1 rings (SSSR count). The second-order valence-corrected chi connectivity index (χ2v) is 3.90. The first-order valence-corrected chi connectivity index (χ1v) is 4.79. The summed E-state index contributed by atoms with van der Waals surface area (Å²) in [5.74, 6) is -1.71. The molecule has 0 spiro atoms. The van der Waals surface area contributed by atoms with Crippen LogP contribution in [0.5, 0.6) is 0 Å². The average Bonchev–Trinajstić information content (AvgIpc) is 2.19. The van der Waals surface area contributed by atoms with Crippen LogP contribution in [0.2, 0.25) is 0 Å². The van der Waals surface area contributed by atoms with E-state index in [4.69, 9.17) is 5.11 Å². The van der Waals surface area contributed by atoms with E-state index in [2.05, 4.69) is 5.32 Å². The quantitative estimate of drug-likeness (QED) is 0.802. The van der Waals surface area contributed by atoms with Crippen LogP contribution < -0.4 is 5.32 Å². The molecular weight excluding hydrogens is 200 g/mol. The molecule has 84 valence electrons. The molecule has 0 fully saturated rings. The molecule has 0 amide bonds. The third kappa shape index (κ3) is 2.97. The Kier molecular flexibility index (Phi) is 3.77. The molecular formula is C11H15F2NO. The maximum atomic E-state index is 13.0. The van der Waals surface area contributed by atoms with Gasteiger partial charge in [0.25, 0.3) is 0 Å². The molecule has 0 atom stereocenters. The van der Waals surface area contributed by atoms with Crippen LogP contribution in [0.1, 0.15) is 19.4 Å². The molecule has 1 aromatic rings. The molecule has 0 aliphatic heterocycles. The van der Waals surface area contributed by atoms with E-state index in [0.717, 1.165) is 6.07 Å². The van der Waals surface area contributed by atoms with E-state index in [1.165, 1.54) is 12.1 Å². The molecule has 0 radical (unpaired) electrons. The fourth-order valence-electron chi connectivity index (χ4n) is 1.36. The lowest BCUT2D eigenvalue weighted by Gasteiger charge is -2.26. The van der Waals surface area contributed by atoms with Crippen molar-refractivity contribution < 1.29 is 13.9 Å². The van der Waals surface area contributed by atoms with Crippen molar-refractivity contribution in [1.29, 1.82) is 0 Å². The normalized spacial score (nSPS) is 11.8. The first kappa shape index (κ1) is 12.1. The summed E-state index contributed by atoms with van der Waals surface area (Å²) in [7, 11) is 0. The highest BCUT2D eigenvalue weighted by Gasteiger charge is 2.20. The van der Waals surface area contributed by atoms with Crippen molar-refractivity contribution in [2.24, 2.45) is 0 Å². The van der Waals surface area contributed by atoms with Crippen molar-refractivity contribution in [3.63, 3.8) is 0 Å². The maximum Gasteiger partial charge on any atom is 0.159 e. The van der Waals surface area contributed by atoms with Crippen molar-refractivity contribution >= 4 is 0 Å². The van der Waals surface area contributed by atoms with Gasteiger partial charge in [0, 0.05) is 12.1 Å². The minimum atomic E-state index is -0.855. The molecule has 1 aromatic carbocycles. The van der Waals surface area contributed by atoms with E-state index in [1.54, 1.807) is 0 Å². The standard InChI is InChI=1S/C11H15F2NO/c1-11(2,14-5-6-15)8-3-4-9(12)10(13)7-8/h3-4,7,14-15H,5-6H2,1-2H3. The largest absolute Gasteiger partial charge is 0.395 e. The zero-order valence-corrected chi connectivity index (χ0v) is 8.85. The summed E-state index contributed by atoms with van der Waals surface area (Å²) >= 11 is 0. The predicted molar refractivity (Wildman–Crippen MR) is 54.5 cm³/mol. The summed E-state index contributed by atoms with van der Waals surface area (Å²) in [5, 5.41) is 11.7. The minimum absolute atomic E-state index is 0.00705. The Hall–Kier alpha value is -1.00. The molecule has 0 aliphatic rings. The summed E-state index contributed by atoms with van der Waals surface area (Å²) in [4.78, 5) is 0. The number of hydrogen-bond acceptors (Lipinski definition) is 2. The van der Waals surface area contributed by atoms with Crippen molar-refractivity contribution in [1.82, 2.24) is 5.32 Å². The fourth-order valence-corrected chi connectivity index (χ4v) is 1.36. The zero-order valence-electron chi connectivity index (χ0n) is 8.85. The van der Waals surface area contributed by atoms with Gasteiger partial charge in [-0.1, -0.05) is 6.07 Å². The second-order valence-electron chi connectivity index (χ2n) is 3.90. The molecule has 0 unspecified atom stereocenters. The number of aliphatic hydroxyl groups is 1. The number of rotatable bonds is 4. The maximum absolute atomic E-state index is 13.0. The number of hydrogen-bond donors (Lipinski definition) is 2. The molecule has 0 saturated carbocycles. The molecule has 0 heterocycles. The molecule has 4 heteroatoms. The van der Waals surface area contributed by atoms with Crippen LogP contribution in [0.25, 0.3) is 0 Å². The van der Waals surface area contributed by atoms with Crippen LogP contribution >= 0.6 is 0 Å². The monoisotopic (exact) mass is 215 g/mol. The van der Waals surface area contributed by atoms with Crippen LogP contribution in [0.4, 0.5) is 8.78 Å². The van der Waals surface area contributed by atoms with Crippen molar-refractivity contribution in [3.05, 3.63) is 35.4 Å². The van der Waals surface area contributed by atoms with Crippen LogP contribution in [0, 0.1) is 11.6 Å². The van der Waals surface area contributed by atoms with Gasteiger partial charge >= 0.3 is 0 Å². The summed E-state index contributed by atoms with van der Waals surface area (Å²) < 4.78 is 25.7. The lowest BCUT2D eigenvalue weighted by Crippen LogP contribution is -2.38. The molecule has 2 N–H and O–H groups in total. The van der Waals surface area contributed by atoms with Gasteiger partial charge in [-0.3, -0.25) is 0 Å². The van der Waals surface area contributed by atoms with Crippen molar-refractivity contribution in [2.45, 2.75) is 19.4 Å². The molecule has 15 heavy (non-hydrogen) atoms. The van der Waals surface area contributed by atoms with E-state index in [1.807, 2.05) is 13.8 Å². The van der Waals surface area contributed by atoms with Crippen LogP contribution in [0.15, 0.2) is 18.2 Å². The Labute approximate surface area is 87.9 Å². The fraction of sp³-hybridized carbons (Fsp3) is 0.455. The lowest BCUT2D eigenvalue weighted by molar-refractivity contribution is 0.266. The van der Waals surface area contributed by atoms with E-state index in [-0.39, 0.29) is 6.61 Å². The molecule has 0 saturated heterocycles. The van der Waals surface area contributed by atoms with Gasteiger partial charge in [-0.2, -0.15) is 0 Å². The number of benzene rings is 1. The molecule has 2 nitrogen and oxygen atoms in total. The van der Waals surface area contributed by atoms with Gasteiger partial charge in [0.1, 0.15) is 0 Å². The number of aliphatic hydroxyl groups excluding tert-OH is 1. The minimum Gasteiger partial charge on any atom is -0.395 e. The molecule has 0 aromatic heterocycles. The Morgan fingerprint density at radius 3 is 2.47 bits per heavy atom. The smallest absolute Gasteiger partial charge is 0.159 e. The van der Waals surface area contributed by atoms with Crippen molar-refractivity contribution in [3.8, 4) is 0 Å². The van der Waals surface area contributed by atoms with E-state index < -0.39 is 17.2 Å². The Morgan fingerprint density at radius 1 is 1.27 bits per heavy atom. The second kappa shape index (κ2) is 4.68. The summed E-state index contributed by atoms with van der Waals surface area (Å²) in [6.07, 6.45) is 0. The van der Waals surface area contributed by atoms with Crippen LogP contribution in [-0.2, 0) is 5.54 Å². The zero-order chi connectivity index (χ0) is 11.5. The topological polar surface area (TPSA) is 32.3 Å². The first-order chi connectivity index (χ1) is 6.97. The van der Waals surface area contributed by atoms with Gasteiger partial charge < -0.3 is 10.4 Å². The summed E-state index contributed by atoms with van der Waals surface area (Å²) in [6, 6.07) is 3.80. The van der Waals surface area contributed by atoms with Crippen molar-refractivity contribution in [2.75, 3.05) is 13.2 Å². The van der Waals surface area contributed by atoms with Crippen LogP contribution in [0.3, 0.4) is 0 Å². The first-order valence-electron chi connectivity index (χ1n) is 4.79. The highest BCUT2D eigenvalue weighted by atomic mass is 19.2. The van der Waals surface area contributed by atoms with E-state index >= 15 is 0 Å². The third-order valence-corrected chi connectivity index (χ3v) is 2.32. The van der Waals surface area contributed by atoms with Gasteiger partial charge in [-0.15, -0.1) is 0 Å². The molecule has 0 bridgehead atoms. The Balaban J connectivity index is 2.89. The third-order valence-electron chi connectivity index (χ3n) is 2.32. The highest BCUT2D eigenvalue weighted by Crippen LogP contribution is 2.21. The van der Waals surface area contributed by atoms with Crippen LogP contribution in [-0.4, -0.2) is 18.3 Å². The van der Waals surface area contributed by atoms with Gasteiger partial charge in [0.2, 0.25) is 0 Å². The molecule has 0 aliphatic carbocycles. The number of halogens is 2. The average molecular weight is 215 g/mol. The lowest BCUT2D eigenvalue weighted by atomic mass is 9.94. The summed E-state index contributed by atoms with van der Waals surface area (Å²) in [5.41, 5.74) is 0.159. The summed E-state index contributed by atoms with van der Waals surface area (Å²) in [6.45, 7) is 4.10. The number of nitrogens with one attached hydrogen (secondary N) is 1. The van der Waals surface area contributed by atoms with E-state index in [9.17, 15) is 8.78 Å². The SMILES string of the molecule is CC(C)(NCCO)c1ccc(F)c(F)c1. The predicted octanol–water partition coefficient (Wildman–Crippen LogP) is 1.78. The van der Waals surface area contributed by atoms with Gasteiger partial charge in [-0.05, 0) is 31.5 Å². The Morgan fingerprint density at radius 2 is 1.93 bits per heavy atom. The Bertz CT molecular complexity index is 339. The highest BCUT2D eigenvalue weighted by molar-refractivity contribution is 5.24.